The van der Waals surface area contributed by atoms with Gasteiger partial charge in [-0.05, 0) is 26.8 Å². The summed E-state index contributed by atoms with van der Waals surface area (Å²) in [5, 5.41) is 0. The van der Waals surface area contributed by atoms with Gasteiger partial charge in [-0.25, -0.2) is 0 Å². The van der Waals surface area contributed by atoms with Crippen LogP contribution < -0.4 is 15.2 Å². The zero-order chi connectivity index (χ0) is 15.4. The summed E-state index contributed by atoms with van der Waals surface area (Å²) in [6.07, 6.45) is 1.81. The molecule has 0 radical (unpaired) electrons. The second-order valence-corrected chi connectivity index (χ2v) is 5.15. The lowest BCUT2D eigenvalue weighted by Crippen LogP contribution is -2.06. The highest BCUT2D eigenvalue weighted by molar-refractivity contribution is 5.41. The molecule has 0 aliphatic heterocycles. The summed E-state index contributed by atoms with van der Waals surface area (Å²) in [7, 11) is 1.67. The van der Waals surface area contributed by atoms with E-state index in [-0.39, 0.29) is 0 Å². The largest absolute Gasteiger partial charge is 0.496 e. The minimum Gasteiger partial charge on any atom is -0.496 e. The third kappa shape index (κ3) is 3.34. The van der Waals surface area contributed by atoms with E-state index >= 15 is 0 Å². The summed E-state index contributed by atoms with van der Waals surface area (Å²) in [6, 6.07) is 6.02. The molecule has 0 amide bonds. The van der Waals surface area contributed by atoms with Crippen LogP contribution in [0.25, 0.3) is 0 Å². The standard InChI is InChI=1S/C17H22N2O2/c1-11-5-6-16(14(7-11)8-18)21-10-15-13(3)17(20-4)12(2)9-19-15/h5-7,9H,8,10,18H2,1-4H3. The molecule has 2 rings (SSSR count). The van der Waals surface area contributed by atoms with E-state index in [1.165, 1.54) is 5.56 Å². The molecule has 0 fully saturated rings. The first-order chi connectivity index (χ1) is 10.1. The van der Waals surface area contributed by atoms with E-state index in [2.05, 4.69) is 4.98 Å². The summed E-state index contributed by atoms with van der Waals surface area (Å²) in [5.74, 6) is 1.68. The number of nitrogens with zero attached hydrogens (tertiary/aromatic N) is 1. The van der Waals surface area contributed by atoms with Crippen molar-refractivity contribution in [2.45, 2.75) is 33.9 Å². The Morgan fingerprint density at radius 2 is 1.95 bits per heavy atom. The predicted molar refractivity (Wildman–Crippen MR) is 83.7 cm³/mol. The Hall–Kier alpha value is -2.07. The van der Waals surface area contributed by atoms with E-state index in [0.717, 1.165) is 33.9 Å². The topological polar surface area (TPSA) is 57.4 Å². The summed E-state index contributed by atoms with van der Waals surface area (Å²) >= 11 is 0. The van der Waals surface area contributed by atoms with Crippen molar-refractivity contribution in [1.29, 1.82) is 0 Å². The number of rotatable bonds is 5. The molecule has 0 bridgehead atoms. The molecule has 1 heterocycles. The van der Waals surface area contributed by atoms with Crippen LogP contribution in [0.5, 0.6) is 11.5 Å². The van der Waals surface area contributed by atoms with Crippen LogP contribution in [0.15, 0.2) is 24.4 Å². The Kier molecular flexibility index (Phi) is 4.81. The molecule has 0 aliphatic rings. The predicted octanol–water partition coefficient (Wildman–Crippen LogP) is 3.05. The lowest BCUT2D eigenvalue weighted by molar-refractivity contribution is 0.295. The fraction of sp³-hybridized carbons (Fsp3) is 0.353. The molecule has 4 heteroatoms. The number of hydrogen-bond acceptors (Lipinski definition) is 4. The summed E-state index contributed by atoms with van der Waals surface area (Å²) in [6.45, 7) is 6.88. The monoisotopic (exact) mass is 286 g/mol. The van der Waals surface area contributed by atoms with Crippen molar-refractivity contribution < 1.29 is 9.47 Å². The Morgan fingerprint density at radius 1 is 1.19 bits per heavy atom. The second-order valence-electron chi connectivity index (χ2n) is 5.15. The highest BCUT2D eigenvalue weighted by Crippen LogP contribution is 2.26. The van der Waals surface area contributed by atoms with Crippen molar-refractivity contribution in [3.63, 3.8) is 0 Å². The number of aryl methyl sites for hydroxylation is 2. The van der Waals surface area contributed by atoms with Crippen LogP contribution in [0, 0.1) is 20.8 Å². The van der Waals surface area contributed by atoms with Gasteiger partial charge in [0.1, 0.15) is 18.1 Å². The molecule has 1 aromatic heterocycles. The lowest BCUT2D eigenvalue weighted by atomic mass is 10.1. The summed E-state index contributed by atoms with van der Waals surface area (Å²) in [4.78, 5) is 4.44. The molecular formula is C17H22N2O2. The fourth-order valence-electron chi connectivity index (χ4n) is 2.37. The molecule has 0 aliphatic carbocycles. The van der Waals surface area contributed by atoms with Crippen molar-refractivity contribution in [1.82, 2.24) is 4.98 Å². The van der Waals surface area contributed by atoms with E-state index in [9.17, 15) is 0 Å². The van der Waals surface area contributed by atoms with E-state index in [1.54, 1.807) is 7.11 Å². The van der Waals surface area contributed by atoms with Gasteiger partial charge in [0.25, 0.3) is 0 Å². The molecule has 2 aromatic rings. The molecular weight excluding hydrogens is 264 g/mol. The highest BCUT2D eigenvalue weighted by atomic mass is 16.5. The lowest BCUT2D eigenvalue weighted by Gasteiger charge is -2.14. The zero-order valence-electron chi connectivity index (χ0n) is 13.1. The molecule has 112 valence electrons. The summed E-state index contributed by atoms with van der Waals surface area (Å²) < 4.78 is 11.3. The maximum absolute atomic E-state index is 5.89. The molecule has 0 atom stereocenters. The molecule has 21 heavy (non-hydrogen) atoms. The number of benzene rings is 1. The zero-order valence-corrected chi connectivity index (χ0v) is 13.1. The van der Waals surface area contributed by atoms with Gasteiger partial charge in [0, 0.05) is 29.4 Å². The molecule has 0 unspecified atom stereocenters. The first kappa shape index (κ1) is 15.3. The van der Waals surface area contributed by atoms with Crippen molar-refractivity contribution >= 4 is 0 Å². The van der Waals surface area contributed by atoms with Crippen LogP contribution in [0.4, 0.5) is 0 Å². The first-order valence-corrected chi connectivity index (χ1v) is 6.98. The van der Waals surface area contributed by atoms with Crippen LogP contribution in [0.1, 0.15) is 27.9 Å². The molecule has 4 nitrogen and oxygen atoms in total. The van der Waals surface area contributed by atoms with E-state index < -0.39 is 0 Å². The molecule has 2 N–H and O–H groups in total. The third-order valence-corrected chi connectivity index (χ3v) is 3.55. The Balaban J connectivity index is 2.21. The van der Waals surface area contributed by atoms with Gasteiger partial charge in [-0.1, -0.05) is 17.7 Å². The Labute approximate surface area is 125 Å². The Bertz CT molecular complexity index is 639. The highest BCUT2D eigenvalue weighted by Gasteiger charge is 2.11. The van der Waals surface area contributed by atoms with Gasteiger partial charge in [0.2, 0.25) is 0 Å². The number of methoxy groups -OCH3 is 1. The number of hydrogen-bond donors (Lipinski definition) is 1. The van der Waals surface area contributed by atoms with E-state index in [1.807, 2.05) is 45.2 Å². The minimum absolute atomic E-state index is 0.401. The second kappa shape index (κ2) is 6.59. The van der Waals surface area contributed by atoms with Crippen molar-refractivity contribution in [2.75, 3.05) is 7.11 Å². The van der Waals surface area contributed by atoms with Gasteiger partial charge in [-0.2, -0.15) is 0 Å². The Morgan fingerprint density at radius 3 is 2.62 bits per heavy atom. The van der Waals surface area contributed by atoms with E-state index in [4.69, 9.17) is 15.2 Å². The number of nitrogens with two attached hydrogens (primary N) is 1. The van der Waals surface area contributed by atoms with Gasteiger partial charge in [0.05, 0.1) is 12.8 Å². The van der Waals surface area contributed by atoms with Gasteiger partial charge in [0.15, 0.2) is 0 Å². The van der Waals surface area contributed by atoms with Crippen LogP contribution in [-0.4, -0.2) is 12.1 Å². The maximum atomic E-state index is 5.89. The van der Waals surface area contributed by atoms with Gasteiger partial charge < -0.3 is 15.2 Å². The smallest absolute Gasteiger partial charge is 0.131 e. The van der Waals surface area contributed by atoms with Crippen LogP contribution in [-0.2, 0) is 13.2 Å². The molecule has 1 aromatic carbocycles. The summed E-state index contributed by atoms with van der Waals surface area (Å²) in [5.41, 5.74) is 10.9. The average Bonchev–Trinajstić information content (AvgIpc) is 2.48. The van der Waals surface area contributed by atoms with Crippen LogP contribution in [0.3, 0.4) is 0 Å². The molecule has 0 spiro atoms. The number of pyridine rings is 1. The maximum Gasteiger partial charge on any atom is 0.131 e. The fourth-order valence-corrected chi connectivity index (χ4v) is 2.37. The van der Waals surface area contributed by atoms with Crippen LogP contribution >= 0.6 is 0 Å². The van der Waals surface area contributed by atoms with Gasteiger partial charge in [-0.15, -0.1) is 0 Å². The molecule has 0 saturated heterocycles. The minimum atomic E-state index is 0.401. The molecule has 0 saturated carbocycles. The number of ether oxygens (including phenoxy) is 2. The first-order valence-electron chi connectivity index (χ1n) is 6.98. The van der Waals surface area contributed by atoms with Crippen molar-refractivity contribution in [3.05, 3.63) is 52.3 Å². The third-order valence-electron chi connectivity index (χ3n) is 3.55. The normalized spacial score (nSPS) is 10.5. The van der Waals surface area contributed by atoms with Crippen molar-refractivity contribution in [3.8, 4) is 11.5 Å². The van der Waals surface area contributed by atoms with Crippen molar-refractivity contribution in [2.24, 2.45) is 5.73 Å². The quantitative estimate of drug-likeness (QED) is 0.917. The SMILES string of the molecule is COc1c(C)cnc(COc2ccc(C)cc2CN)c1C. The van der Waals surface area contributed by atoms with Gasteiger partial charge >= 0.3 is 0 Å². The van der Waals surface area contributed by atoms with Crippen LogP contribution in [0.2, 0.25) is 0 Å². The average molecular weight is 286 g/mol. The number of aromatic nitrogens is 1. The van der Waals surface area contributed by atoms with Gasteiger partial charge in [-0.3, -0.25) is 4.98 Å². The van der Waals surface area contributed by atoms with E-state index in [0.29, 0.717) is 13.2 Å².